The molecule has 0 bridgehead atoms. The van der Waals surface area contributed by atoms with E-state index in [0.717, 1.165) is 12.2 Å². The maximum atomic E-state index is 11.4. The fraction of sp³-hybridized carbons (Fsp3) is 0.750. The zero-order chi connectivity index (χ0) is 9.84. The van der Waals surface area contributed by atoms with E-state index in [9.17, 15) is 4.79 Å². The molecule has 0 saturated carbocycles. The summed E-state index contributed by atoms with van der Waals surface area (Å²) in [6, 6.07) is 0. The predicted molar refractivity (Wildman–Crippen MR) is 53.0 cm³/mol. The Labute approximate surface area is 81.8 Å². The van der Waals surface area contributed by atoms with Crippen LogP contribution in [0.5, 0.6) is 0 Å². The van der Waals surface area contributed by atoms with Crippen molar-refractivity contribution in [1.29, 1.82) is 0 Å². The van der Waals surface area contributed by atoms with Crippen molar-refractivity contribution in [1.82, 2.24) is 5.32 Å². The molecular formula is C8H14N2O2S. The van der Waals surface area contributed by atoms with Crippen LogP contribution in [0.4, 0.5) is 0 Å². The topological polar surface area (TPSA) is 61.7 Å². The Bertz CT molecular complexity index is 230. The quantitative estimate of drug-likeness (QED) is 0.491. The average Bonchev–Trinajstić information content (AvgIpc) is 2.16. The SMILES string of the molecule is CNC(=O)C1C(=NO)SCCC1C. The van der Waals surface area contributed by atoms with Crippen LogP contribution in [0, 0.1) is 11.8 Å². The largest absolute Gasteiger partial charge is 0.410 e. The summed E-state index contributed by atoms with van der Waals surface area (Å²) in [5.41, 5.74) is 0. The Morgan fingerprint density at radius 1 is 1.77 bits per heavy atom. The van der Waals surface area contributed by atoms with Crippen molar-refractivity contribution in [2.45, 2.75) is 13.3 Å². The summed E-state index contributed by atoms with van der Waals surface area (Å²) in [4.78, 5) is 11.4. The Morgan fingerprint density at radius 2 is 2.46 bits per heavy atom. The minimum Gasteiger partial charge on any atom is -0.410 e. The van der Waals surface area contributed by atoms with Crippen molar-refractivity contribution in [3.05, 3.63) is 0 Å². The number of carbonyl (C=O) groups is 1. The van der Waals surface area contributed by atoms with E-state index in [1.807, 2.05) is 6.92 Å². The van der Waals surface area contributed by atoms with Gasteiger partial charge in [0.2, 0.25) is 5.91 Å². The van der Waals surface area contributed by atoms with Gasteiger partial charge >= 0.3 is 0 Å². The average molecular weight is 202 g/mol. The Balaban J connectivity index is 2.79. The molecule has 1 heterocycles. The van der Waals surface area contributed by atoms with Crippen LogP contribution in [0.2, 0.25) is 0 Å². The monoisotopic (exact) mass is 202 g/mol. The highest BCUT2D eigenvalue weighted by molar-refractivity contribution is 8.14. The molecule has 0 aromatic rings. The van der Waals surface area contributed by atoms with Crippen molar-refractivity contribution in [2.24, 2.45) is 17.0 Å². The van der Waals surface area contributed by atoms with E-state index in [1.54, 1.807) is 7.05 Å². The minimum atomic E-state index is -0.270. The summed E-state index contributed by atoms with van der Waals surface area (Å²) >= 11 is 1.46. The Hall–Kier alpha value is -0.710. The lowest BCUT2D eigenvalue weighted by Crippen LogP contribution is -2.38. The minimum absolute atomic E-state index is 0.0625. The second kappa shape index (κ2) is 4.50. The van der Waals surface area contributed by atoms with E-state index >= 15 is 0 Å². The number of hydrogen-bond acceptors (Lipinski definition) is 4. The molecule has 1 amide bonds. The van der Waals surface area contributed by atoms with Crippen molar-refractivity contribution < 1.29 is 10.0 Å². The van der Waals surface area contributed by atoms with Crippen molar-refractivity contribution in [3.63, 3.8) is 0 Å². The molecule has 1 fully saturated rings. The first-order valence-corrected chi connectivity index (χ1v) is 5.25. The molecule has 0 spiro atoms. The molecule has 2 atom stereocenters. The maximum Gasteiger partial charge on any atom is 0.229 e. The number of rotatable bonds is 1. The zero-order valence-corrected chi connectivity index (χ0v) is 8.60. The molecule has 0 aliphatic carbocycles. The molecule has 5 heteroatoms. The second-order valence-corrected chi connectivity index (χ2v) is 4.26. The number of carbonyl (C=O) groups excluding carboxylic acids is 1. The fourth-order valence-electron chi connectivity index (χ4n) is 1.47. The van der Waals surface area contributed by atoms with Gasteiger partial charge in [-0.15, -0.1) is 11.8 Å². The van der Waals surface area contributed by atoms with E-state index in [0.29, 0.717) is 5.04 Å². The molecule has 1 saturated heterocycles. The molecule has 1 rings (SSSR count). The predicted octanol–water partition coefficient (Wildman–Crippen LogP) is 0.909. The van der Waals surface area contributed by atoms with E-state index < -0.39 is 0 Å². The number of nitrogens with one attached hydrogen (secondary N) is 1. The van der Waals surface area contributed by atoms with Gasteiger partial charge in [0.25, 0.3) is 0 Å². The van der Waals surface area contributed by atoms with Gasteiger partial charge in [-0.05, 0) is 18.1 Å². The smallest absolute Gasteiger partial charge is 0.229 e. The summed E-state index contributed by atoms with van der Waals surface area (Å²) in [7, 11) is 1.60. The lowest BCUT2D eigenvalue weighted by molar-refractivity contribution is -0.123. The summed E-state index contributed by atoms with van der Waals surface area (Å²) in [6.07, 6.45) is 0.988. The highest BCUT2D eigenvalue weighted by atomic mass is 32.2. The van der Waals surface area contributed by atoms with Crippen LogP contribution in [0.1, 0.15) is 13.3 Å². The molecular weight excluding hydrogens is 188 g/mol. The summed E-state index contributed by atoms with van der Waals surface area (Å²) in [5, 5.41) is 15.0. The normalized spacial score (nSPS) is 31.7. The van der Waals surface area contributed by atoms with Gasteiger partial charge in [-0.25, -0.2) is 0 Å². The van der Waals surface area contributed by atoms with Crippen LogP contribution < -0.4 is 5.32 Å². The molecule has 74 valence electrons. The van der Waals surface area contributed by atoms with Gasteiger partial charge in [0.1, 0.15) is 5.04 Å². The van der Waals surface area contributed by atoms with E-state index in [-0.39, 0.29) is 17.7 Å². The number of nitrogens with zero attached hydrogens (tertiary/aromatic N) is 1. The van der Waals surface area contributed by atoms with Crippen molar-refractivity contribution in [2.75, 3.05) is 12.8 Å². The molecule has 1 aliphatic heterocycles. The highest BCUT2D eigenvalue weighted by Crippen LogP contribution is 2.30. The van der Waals surface area contributed by atoms with Crippen molar-refractivity contribution in [3.8, 4) is 0 Å². The lowest BCUT2D eigenvalue weighted by atomic mass is 9.91. The van der Waals surface area contributed by atoms with E-state index in [2.05, 4.69) is 10.5 Å². The third kappa shape index (κ3) is 2.15. The van der Waals surface area contributed by atoms with Crippen LogP contribution in [0.25, 0.3) is 0 Å². The van der Waals surface area contributed by atoms with Gasteiger partial charge in [0.15, 0.2) is 0 Å². The first-order valence-electron chi connectivity index (χ1n) is 4.27. The van der Waals surface area contributed by atoms with Gasteiger partial charge in [0.05, 0.1) is 5.92 Å². The van der Waals surface area contributed by atoms with Crippen LogP contribution in [-0.2, 0) is 4.79 Å². The van der Waals surface area contributed by atoms with Crippen LogP contribution in [0.15, 0.2) is 5.16 Å². The van der Waals surface area contributed by atoms with Crippen LogP contribution in [0.3, 0.4) is 0 Å². The molecule has 13 heavy (non-hydrogen) atoms. The standard InChI is InChI=1S/C8H14N2O2S/c1-5-3-4-13-8(10-12)6(5)7(11)9-2/h5-6,12H,3-4H2,1-2H3,(H,9,11). The molecule has 0 radical (unpaired) electrons. The number of amides is 1. The number of hydrogen-bond donors (Lipinski definition) is 2. The van der Waals surface area contributed by atoms with E-state index in [1.165, 1.54) is 11.8 Å². The third-order valence-electron chi connectivity index (χ3n) is 2.29. The zero-order valence-electron chi connectivity index (χ0n) is 7.78. The van der Waals surface area contributed by atoms with E-state index in [4.69, 9.17) is 5.21 Å². The van der Waals surface area contributed by atoms with Gasteiger partial charge in [-0.3, -0.25) is 4.79 Å². The number of oxime groups is 1. The molecule has 1 aliphatic rings. The molecule has 4 nitrogen and oxygen atoms in total. The number of thioether (sulfide) groups is 1. The fourth-order valence-corrected chi connectivity index (χ4v) is 2.74. The maximum absolute atomic E-state index is 11.4. The highest BCUT2D eigenvalue weighted by Gasteiger charge is 2.33. The van der Waals surface area contributed by atoms with Crippen LogP contribution in [-0.4, -0.2) is 29.0 Å². The summed E-state index contributed by atoms with van der Waals surface area (Å²) < 4.78 is 0. The Kier molecular flexibility index (Phi) is 3.59. The van der Waals surface area contributed by atoms with Gasteiger partial charge in [-0.1, -0.05) is 12.1 Å². The lowest BCUT2D eigenvalue weighted by Gasteiger charge is -2.27. The molecule has 0 aromatic heterocycles. The molecule has 2 unspecified atom stereocenters. The third-order valence-corrected chi connectivity index (χ3v) is 3.36. The Morgan fingerprint density at radius 3 is 3.00 bits per heavy atom. The first-order chi connectivity index (χ1) is 6.20. The van der Waals surface area contributed by atoms with Gasteiger partial charge in [0, 0.05) is 7.05 Å². The molecule has 0 aromatic carbocycles. The summed E-state index contributed by atoms with van der Waals surface area (Å²) in [6.45, 7) is 2.00. The van der Waals surface area contributed by atoms with Crippen LogP contribution >= 0.6 is 11.8 Å². The first kappa shape index (κ1) is 10.4. The van der Waals surface area contributed by atoms with Gasteiger partial charge in [-0.2, -0.15) is 0 Å². The molecule has 2 N–H and O–H groups in total. The van der Waals surface area contributed by atoms with Crippen molar-refractivity contribution >= 4 is 22.7 Å². The summed E-state index contributed by atoms with van der Waals surface area (Å²) in [5.74, 6) is 0.849. The van der Waals surface area contributed by atoms with Gasteiger partial charge < -0.3 is 10.5 Å². The second-order valence-electron chi connectivity index (χ2n) is 3.14.